The van der Waals surface area contributed by atoms with Crippen LogP contribution in [0.25, 0.3) is 0 Å². The Kier molecular flexibility index (Phi) is 4.80. The fourth-order valence-corrected chi connectivity index (χ4v) is 0.296. The molecule has 0 aromatic carbocycles. The number of hydrogen-bond donors (Lipinski definition) is 1. The first-order valence-corrected chi connectivity index (χ1v) is 2.53. The Hall–Kier alpha value is -0.680. The van der Waals surface area contributed by atoms with Crippen molar-refractivity contribution >= 4 is 0 Å². The summed E-state index contributed by atoms with van der Waals surface area (Å²) in [5.74, 6) is 0. The van der Waals surface area contributed by atoms with Crippen LogP contribution in [0, 0.1) is 0 Å². The van der Waals surface area contributed by atoms with Crippen LogP contribution >= 0.6 is 0 Å². The number of nitrogens with two attached hydrogens (primary N) is 1. The molecule has 0 rings (SSSR count). The SMILES string of the molecule is CCCC=C=CN. The van der Waals surface area contributed by atoms with E-state index in [1.54, 1.807) is 0 Å². The Bertz CT molecular complexity index is 78.2. The van der Waals surface area contributed by atoms with Crippen molar-refractivity contribution in [2.24, 2.45) is 5.73 Å². The molecule has 1 heteroatoms. The van der Waals surface area contributed by atoms with Gasteiger partial charge >= 0.3 is 0 Å². The topological polar surface area (TPSA) is 26.0 Å². The first-order valence-electron chi connectivity index (χ1n) is 2.53. The molecule has 0 aromatic heterocycles. The molecule has 0 aliphatic heterocycles. The molecule has 0 atom stereocenters. The van der Waals surface area contributed by atoms with Crippen molar-refractivity contribution in [3.63, 3.8) is 0 Å². The summed E-state index contributed by atoms with van der Waals surface area (Å²) in [6.07, 6.45) is 5.60. The van der Waals surface area contributed by atoms with Crippen LogP contribution < -0.4 is 5.73 Å². The van der Waals surface area contributed by atoms with Crippen LogP contribution in [0.2, 0.25) is 0 Å². The molecule has 0 aliphatic carbocycles. The quantitative estimate of drug-likeness (QED) is 0.518. The van der Waals surface area contributed by atoms with Crippen molar-refractivity contribution in [1.29, 1.82) is 0 Å². The molecule has 40 valence electrons. The Morgan fingerprint density at radius 3 is 2.86 bits per heavy atom. The van der Waals surface area contributed by atoms with Crippen LogP contribution in [0.3, 0.4) is 0 Å². The Balaban J connectivity index is 3.10. The Labute approximate surface area is 44.5 Å². The van der Waals surface area contributed by atoms with Gasteiger partial charge in [0.1, 0.15) is 0 Å². The van der Waals surface area contributed by atoms with E-state index in [0.717, 1.165) is 6.42 Å². The highest BCUT2D eigenvalue weighted by Gasteiger charge is 1.65. The summed E-state index contributed by atoms with van der Waals surface area (Å²) in [4.78, 5) is 0. The molecule has 0 amide bonds. The van der Waals surface area contributed by atoms with Gasteiger partial charge in [-0.3, -0.25) is 0 Å². The number of hydrogen-bond acceptors (Lipinski definition) is 1. The molecule has 0 radical (unpaired) electrons. The van der Waals surface area contributed by atoms with E-state index >= 15 is 0 Å². The van der Waals surface area contributed by atoms with Gasteiger partial charge in [0.2, 0.25) is 0 Å². The van der Waals surface area contributed by atoms with Gasteiger partial charge in [0.25, 0.3) is 0 Å². The van der Waals surface area contributed by atoms with Crippen LogP contribution in [0.5, 0.6) is 0 Å². The van der Waals surface area contributed by atoms with E-state index in [9.17, 15) is 0 Å². The van der Waals surface area contributed by atoms with Crippen molar-refractivity contribution in [2.45, 2.75) is 19.8 Å². The minimum atomic E-state index is 1.08. The molecule has 0 fully saturated rings. The molecule has 2 N–H and O–H groups in total. The molecule has 0 unspecified atom stereocenters. The summed E-state index contributed by atoms with van der Waals surface area (Å²) in [5.41, 5.74) is 7.78. The highest BCUT2D eigenvalue weighted by molar-refractivity contribution is 4.79. The van der Waals surface area contributed by atoms with Gasteiger partial charge in [-0.15, -0.1) is 5.73 Å². The van der Waals surface area contributed by atoms with Gasteiger partial charge in [0, 0.05) is 6.20 Å². The summed E-state index contributed by atoms with van der Waals surface area (Å²) < 4.78 is 0. The van der Waals surface area contributed by atoms with E-state index in [-0.39, 0.29) is 0 Å². The van der Waals surface area contributed by atoms with Gasteiger partial charge in [0.15, 0.2) is 0 Å². The van der Waals surface area contributed by atoms with Gasteiger partial charge in [-0.1, -0.05) is 13.3 Å². The maximum absolute atomic E-state index is 5.00. The molecule has 0 saturated heterocycles. The van der Waals surface area contributed by atoms with Crippen molar-refractivity contribution in [2.75, 3.05) is 0 Å². The molecule has 0 heterocycles. The van der Waals surface area contributed by atoms with Crippen molar-refractivity contribution < 1.29 is 0 Å². The van der Waals surface area contributed by atoms with E-state index in [2.05, 4.69) is 12.7 Å². The zero-order valence-electron chi connectivity index (χ0n) is 4.65. The van der Waals surface area contributed by atoms with E-state index in [0.29, 0.717) is 0 Å². The lowest BCUT2D eigenvalue weighted by molar-refractivity contribution is 0.960. The third-order valence-corrected chi connectivity index (χ3v) is 0.647. The van der Waals surface area contributed by atoms with Gasteiger partial charge in [-0.2, -0.15) is 0 Å². The largest absolute Gasteiger partial charge is 0.398 e. The molecule has 0 spiro atoms. The molecule has 0 saturated carbocycles. The predicted molar refractivity (Wildman–Crippen MR) is 31.7 cm³/mol. The van der Waals surface area contributed by atoms with E-state index in [4.69, 9.17) is 5.73 Å². The first-order chi connectivity index (χ1) is 3.41. The summed E-state index contributed by atoms with van der Waals surface area (Å²) in [5, 5.41) is 0. The maximum atomic E-state index is 5.00. The summed E-state index contributed by atoms with van der Waals surface area (Å²) in [6.45, 7) is 2.12. The molecule has 7 heavy (non-hydrogen) atoms. The van der Waals surface area contributed by atoms with Gasteiger partial charge in [-0.25, -0.2) is 0 Å². The minimum absolute atomic E-state index is 1.08. The number of rotatable bonds is 2. The first kappa shape index (κ1) is 6.32. The lowest BCUT2D eigenvalue weighted by Gasteiger charge is -1.74. The fraction of sp³-hybridized carbons (Fsp3) is 0.500. The number of unbranched alkanes of at least 4 members (excludes halogenated alkanes) is 1. The summed E-state index contributed by atoms with van der Waals surface area (Å²) in [6, 6.07) is 0. The average molecular weight is 97.2 g/mol. The minimum Gasteiger partial charge on any atom is -0.398 e. The monoisotopic (exact) mass is 97.1 g/mol. The molecule has 0 bridgehead atoms. The third kappa shape index (κ3) is 5.32. The second-order valence-electron chi connectivity index (χ2n) is 1.33. The maximum Gasteiger partial charge on any atom is 0.0368 e. The van der Waals surface area contributed by atoms with Gasteiger partial charge < -0.3 is 5.73 Å². The Morgan fingerprint density at radius 2 is 2.43 bits per heavy atom. The zero-order valence-corrected chi connectivity index (χ0v) is 4.65. The van der Waals surface area contributed by atoms with Crippen LogP contribution in [0.4, 0.5) is 0 Å². The molecule has 1 nitrogen and oxygen atoms in total. The molecular weight excluding hydrogens is 86.1 g/mol. The van der Waals surface area contributed by atoms with Gasteiger partial charge in [0.05, 0.1) is 0 Å². The molecule has 0 aliphatic rings. The fourth-order valence-electron chi connectivity index (χ4n) is 0.296. The highest BCUT2D eigenvalue weighted by atomic mass is 14.5. The van der Waals surface area contributed by atoms with E-state index in [1.807, 2.05) is 6.08 Å². The van der Waals surface area contributed by atoms with Crippen LogP contribution in [0.15, 0.2) is 18.0 Å². The third-order valence-electron chi connectivity index (χ3n) is 0.647. The zero-order chi connectivity index (χ0) is 5.54. The molecular formula is C6H11N. The van der Waals surface area contributed by atoms with Crippen LogP contribution in [0.1, 0.15) is 19.8 Å². The lowest BCUT2D eigenvalue weighted by Crippen LogP contribution is -1.70. The molecule has 0 aromatic rings. The van der Waals surface area contributed by atoms with E-state index < -0.39 is 0 Å². The summed E-state index contributed by atoms with van der Waals surface area (Å²) in [7, 11) is 0. The van der Waals surface area contributed by atoms with Crippen molar-refractivity contribution in [3.05, 3.63) is 18.0 Å². The van der Waals surface area contributed by atoms with Crippen molar-refractivity contribution in [1.82, 2.24) is 0 Å². The van der Waals surface area contributed by atoms with Crippen LogP contribution in [-0.4, -0.2) is 0 Å². The van der Waals surface area contributed by atoms with Crippen LogP contribution in [-0.2, 0) is 0 Å². The lowest BCUT2D eigenvalue weighted by atomic mass is 10.3. The summed E-state index contributed by atoms with van der Waals surface area (Å²) >= 11 is 0. The number of allylic oxidation sites excluding steroid dienone is 1. The predicted octanol–water partition coefficient (Wildman–Crippen LogP) is 1.41. The van der Waals surface area contributed by atoms with Crippen molar-refractivity contribution in [3.8, 4) is 0 Å². The second-order valence-corrected chi connectivity index (χ2v) is 1.33. The smallest absolute Gasteiger partial charge is 0.0368 e. The normalized spacial score (nSPS) is 7.00. The average Bonchev–Trinajstić information content (AvgIpc) is 1.69. The highest BCUT2D eigenvalue weighted by Crippen LogP contribution is 1.83. The van der Waals surface area contributed by atoms with E-state index in [1.165, 1.54) is 12.6 Å². The standard InChI is InChI=1S/C6H11N/c1-2-3-4-5-6-7/h4,6H,2-3,7H2,1H3. The second kappa shape index (κ2) is 5.32. The Morgan fingerprint density at radius 1 is 1.71 bits per heavy atom. The van der Waals surface area contributed by atoms with Gasteiger partial charge in [-0.05, 0) is 12.5 Å².